The zero-order chi connectivity index (χ0) is 13.6. The quantitative estimate of drug-likeness (QED) is 0.715. The average Bonchev–Trinajstić information content (AvgIpc) is 2.79. The van der Waals surface area contributed by atoms with E-state index in [2.05, 4.69) is 15.6 Å². The van der Waals surface area contributed by atoms with Crippen molar-refractivity contribution in [3.05, 3.63) is 17.8 Å². The Labute approximate surface area is 107 Å². The van der Waals surface area contributed by atoms with Crippen molar-refractivity contribution >= 4 is 6.03 Å². The summed E-state index contributed by atoms with van der Waals surface area (Å²) in [6.07, 6.45) is 2.55. The standard InChI is InChI=1S/C12H21N3O3/c1-4-12(17,5-2)7-14-11(16)13-6-10-9(3)18-8-15-10/h8,17H,4-7H2,1-3H3,(H2,13,14,16). The molecule has 0 aliphatic heterocycles. The number of carbonyl (C=O) groups excluding carboxylic acids is 1. The van der Waals surface area contributed by atoms with Crippen molar-refractivity contribution in [2.75, 3.05) is 6.54 Å². The summed E-state index contributed by atoms with van der Waals surface area (Å²) in [5.74, 6) is 0.689. The maximum absolute atomic E-state index is 11.5. The molecule has 1 aromatic heterocycles. The van der Waals surface area contributed by atoms with E-state index in [1.807, 2.05) is 13.8 Å². The van der Waals surface area contributed by atoms with E-state index in [1.165, 1.54) is 6.39 Å². The smallest absolute Gasteiger partial charge is 0.315 e. The maximum Gasteiger partial charge on any atom is 0.315 e. The summed E-state index contributed by atoms with van der Waals surface area (Å²) in [7, 11) is 0. The van der Waals surface area contributed by atoms with Crippen molar-refractivity contribution in [2.24, 2.45) is 0 Å². The highest BCUT2D eigenvalue weighted by Crippen LogP contribution is 2.12. The number of oxazole rings is 1. The topological polar surface area (TPSA) is 87.4 Å². The van der Waals surface area contributed by atoms with Crippen LogP contribution in [0, 0.1) is 6.92 Å². The van der Waals surface area contributed by atoms with E-state index in [0.29, 0.717) is 30.8 Å². The molecule has 0 saturated heterocycles. The number of aryl methyl sites for hydroxylation is 1. The largest absolute Gasteiger partial charge is 0.448 e. The summed E-state index contributed by atoms with van der Waals surface area (Å²) in [6.45, 7) is 6.12. The number of carbonyl (C=O) groups is 1. The molecule has 0 radical (unpaired) electrons. The summed E-state index contributed by atoms with van der Waals surface area (Å²) in [6, 6.07) is -0.322. The Morgan fingerprint density at radius 3 is 2.61 bits per heavy atom. The van der Waals surface area contributed by atoms with E-state index in [9.17, 15) is 9.90 Å². The Balaban J connectivity index is 2.32. The van der Waals surface area contributed by atoms with Crippen molar-refractivity contribution in [2.45, 2.75) is 45.8 Å². The van der Waals surface area contributed by atoms with Gasteiger partial charge in [-0.25, -0.2) is 9.78 Å². The fourth-order valence-corrected chi connectivity index (χ4v) is 1.47. The van der Waals surface area contributed by atoms with Gasteiger partial charge in [-0.1, -0.05) is 13.8 Å². The molecule has 1 rings (SSSR count). The normalized spacial score (nSPS) is 11.3. The van der Waals surface area contributed by atoms with Gasteiger partial charge in [-0.3, -0.25) is 0 Å². The monoisotopic (exact) mass is 255 g/mol. The highest BCUT2D eigenvalue weighted by molar-refractivity contribution is 5.73. The number of nitrogens with one attached hydrogen (secondary N) is 2. The molecule has 0 fully saturated rings. The molecule has 6 nitrogen and oxygen atoms in total. The SMILES string of the molecule is CCC(O)(CC)CNC(=O)NCc1ncoc1C. The Bertz CT molecular complexity index is 386. The van der Waals surface area contributed by atoms with Gasteiger partial charge >= 0.3 is 6.03 Å². The lowest BCUT2D eigenvalue weighted by atomic mass is 9.98. The number of rotatable bonds is 6. The first-order valence-corrected chi connectivity index (χ1v) is 6.13. The fraction of sp³-hybridized carbons (Fsp3) is 0.667. The van der Waals surface area contributed by atoms with Crippen LogP contribution in [0.15, 0.2) is 10.8 Å². The molecule has 0 aliphatic rings. The van der Waals surface area contributed by atoms with Crippen LogP contribution < -0.4 is 10.6 Å². The Kier molecular flexibility index (Phi) is 5.15. The van der Waals surface area contributed by atoms with E-state index in [0.717, 1.165) is 0 Å². The van der Waals surface area contributed by atoms with Crippen LogP contribution in [-0.2, 0) is 6.54 Å². The second kappa shape index (κ2) is 6.39. The number of aromatic nitrogens is 1. The number of nitrogens with zero attached hydrogens (tertiary/aromatic N) is 1. The Morgan fingerprint density at radius 2 is 2.11 bits per heavy atom. The zero-order valence-corrected chi connectivity index (χ0v) is 11.1. The van der Waals surface area contributed by atoms with Gasteiger partial charge in [0.05, 0.1) is 12.1 Å². The molecule has 102 valence electrons. The molecule has 1 aromatic rings. The third kappa shape index (κ3) is 4.03. The zero-order valence-electron chi connectivity index (χ0n) is 11.1. The second-order valence-corrected chi connectivity index (χ2v) is 4.32. The van der Waals surface area contributed by atoms with E-state index < -0.39 is 5.60 Å². The van der Waals surface area contributed by atoms with Gasteiger partial charge < -0.3 is 20.2 Å². The third-order valence-electron chi connectivity index (χ3n) is 3.16. The number of hydrogen-bond donors (Lipinski definition) is 3. The van der Waals surface area contributed by atoms with Gasteiger partial charge in [0.2, 0.25) is 0 Å². The van der Waals surface area contributed by atoms with Gasteiger partial charge in [0.25, 0.3) is 0 Å². The lowest BCUT2D eigenvalue weighted by Crippen LogP contribution is -2.45. The molecule has 3 N–H and O–H groups in total. The second-order valence-electron chi connectivity index (χ2n) is 4.32. The number of amides is 2. The minimum atomic E-state index is -0.832. The molecular formula is C12H21N3O3. The molecule has 0 unspecified atom stereocenters. The lowest BCUT2D eigenvalue weighted by molar-refractivity contribution is 0.0349. The first kappa shape index (κ1) is 14.5. The van der Waals surface area contributed by atoms with Crippen molar-refractivity contribution in [3.63, 3.8) is 0 Å². The summed E-state index contributed by atoms with van der Waals surface area (Å²) in [4.78, 5) is 15.5. The molecule has 0 aliphatic carbocycles. The molecule has 0 bridgehead atoms. The van der Waals surface area contributed by atoms with Crippen LogP contribution in [-0.4, -0.2) is 28.3 Å². The molecule has 18 heavy (non-hydrogen) atoms. The lowest BCUT2D eigenvalue weighted by Gasteiger charge is -2.25. The number of aliphatic hydroxyl groups is 1. The highest BCUT2D eigenvalue weighted by Gasteiger charge is 2.22. The summed E-state index contributed by atoms with van der Waals surface area (Å²) in [5, 5.41) is 15.3. The van der Waals surface area contributed by atoms with Crippen molar-refractivity contribution < 1.29 is 14.3 Å². The van der Waals surface area contributed by atoms with Crippen LogP contribution in [0.4, 0.5) is 4.79 Å². The first-order chi connectivity index (χ1) is 8.50. The van der Waals surface area contributed by atoms with E-state index in [4.69, 9.17) is 4.42 Å². The molecule has 0 atom stereocenters. The van der Waals surface area contributed by atoms with Crippen molar-refractivity contribution in [1.82, 2.24) is 15.6 Å². The molecule has 2 amide bonds. The molecule has 0 saturated carbocycles. The molecule has 0 aromatic carbocycles. The number of urea groups is 1. The minimum Gasteiger partial charge on any atom is -0.448 e. The Hall–Kier alpha value is -1.56. The Morgan fingerprint density at radius 1 is 1.44 bits per heavy atom. The summed E-state index contributed by atoms with van der Waals surface area (Å²) < 4.78 is 5.02. The van der Waals surface area contributed by atoms with Gasteiger partial charge in [0.15, 0.2) is 6.39 Å². The first-order valence-electron chi connectivity index (χ1n) is 6.13. The maximum atomic E-state index is 11.5. The van der Waals surface area contributed by atoms with Crippen LogP contribution in [0.1, 0.15) is 38.1 Å². The van der Waals surface area contributed by atoms with Crippen LogP contribution in [0.2, 0.25) is 0 Å². The predicted octanol–water partition coefficient (Wildman–Crippen LogP) is 1.33. The number of hydrogen-bond acceptors (Lipinski definition) is 4. The van der Waals surface area contributed by atoms with Gasteiger partial charge in [0, 0.05) is 6.54 Å². The third-order valence-corrected chi connectivity index (χ3v) is 3.16. The van der Waals surface area contributed by atoms with Crippen molar-refractivity contribution in [1.29, 1.82) is 0 Å². The van der Waals surface area contributed by atoms with Crippen molar-refractivity contribution in [3.8, 4) is 0 Å². The van der Waals surface area contributed by atoms with Crippen LogP contribution in [0.3, 0.4) is 0 Å². The van der Waals surface area contributed by atoms with Crippen LogP contribution >= 0.6 is 0 Å². The van der Waals surface area contributed by atoms with Gasteiger partial charge in [-0.2, -0.15) is 0 Å². The summed E-state index contributed by atoms with van der Waals surface area (Å²) >= 11 is 0. The van der Waals surface area contributed by atoms with Crippen LogP contribution in [0.5, 0.6) is 0 Å². The fourth-order valence-electron chi connectivity index (χ4n) is 1.47. The molecule has 6 heteroatoms. The van der Waals surface area contributed by atoms with E-state index >= 15 is 0 Å². The molecule has 1 heterocycles. The van der Waals surface area contributed by atoms with Gasteiger partial charge in [-0.05, 0) is 19.8 Å². The summed E-state index contributed by atoms with van der Waals surface area (Å²) in [5.41, 5.74) is -0.132. The minimum absolute atomic E-state index is 0.240. The van der Waals surface area contributed by atoms with Gasteiger partial charge in [-0.15, -0.1) is 0 Å². The van der Waals surface area contributed by atoms with Crippen LogP contribution in [0.25, 0.3) is 0 Å². The van der Waals surface area contributed by atoms with Gasteiger partial charge in [0.1, 0.15) is 11.5 Å². The predicted molar refractivity (Wildman–Crippen MR) is 67.0 cm³/mol. The van der Waals surface area contributed by atoms with E-state index in [-0.39, 0.29) is 12.6 Å². The molecular weight excluding hydrogens is 234 g/mol. The molecule has 0 spiro atoms. The average molecular weight is 255 g/mol. The highest BCUT2D eigenvalue weighted by atomic mass is 16.3. The van der Waals surface area contributed by atoms with E-state index in [1.54, 1.807) is 6.92 Å².